The molecule has 3 saturated heterocycles. The van der Waals surface area contributed by atoms with Crippen LogP contribution in [0.5, 0.6) is 5.75 Å². The zero-order valence-electron chi connectivity index (χ0n) is 72.2. The lowest BCUT2D eigenvalue weighted by atomic mass is 9.98. The van der Waals surface area contributed by atoms with Gasteiger partial charge < -0.3 is 92.8 Å². The number of benzene rings is 5. The predicted molar refractivity (Wildman–Crippen MR) is 467 cm³/mol. The molecule has 32 nitrogen and oxygen atoms in total. The van der Waals surface area contributed by atoms with Crippen molar-refractivity contribution in [3.05, 3.63) is 173 Å². The molecular formula is C91H118FN15O17S. The molecule has 34 heteroatoms. The molecule has 3 fully saturated rings. The van der Waals surface area contributed by atoms with Gasteiger partial charge in [0.15, 0.2) is 0 Å². The number of hydrogen-bond donors (Lipinski definition) is 12. The van der Waals surface area contributed by atoms with Crippen molar-refractivity contribution in [2.75, 3.05) is 52.3 Å². The third kappa shape index (κ3) is 26.7. The van der Waals surface area contributed by atoms with E-state index in [1.807, 2.05) is 26.0 Å². The molecule has 3 aliphatic rings. The van der Waals surface area contributed by atoms with E-state index in [1.165, 1.54) is 84.4 Å². The maximum absolute atomic E-state index is 15.6. The van der Waals surface area contributed by atoms with Crippen LogP contribution in [0, 0.1) is 24.6 Å². The number of thioether (sulfide) groups is 1. The SMILES string of the molecule is CCCC[C@H]1C(=O)N2CCC[C@@H]2C(=O)N[C@@H](CC(=O)O)C(=O)N[C@@H](C(C)C)C(=O)N(C)[C@@H](Cc2ccc(C)cc2)C(=O)N[C@@H](CCN)C(=O)N2CCC[C@@H]2C(=O)N[C@@H](Cc2c[nH]c3ccccc23)C(=O)N[C@@H](Cc2ccc(O)cc2)C(=O)N[C@@H](CC(C)C)C(=O)N[C@H](C=O)CSCC(=O)N[C@@H](Cc2ccc(F)cc2)C(=O)N(C)[C@@H](Cc2ccccc2)C(=O)N1C. The molecule has 0 spiro atoms. The number of carbonyl (C=O) groups is 15. The first-order valence-corrected chi connectivity index (χ1v) is 43.8. The molecule has 5 aromatic carbocycles. The number of carboxylic acids is 1. The van der Waals surface area contributed by atoms with E-state index in [4.69, 9.17) is 5.73 Å². The lowest BCUT2D eigenvalue weighted by Crippen LogP contribution is -2.62. The average Bonchev–Trinajstić information content (AvgIpc) is 1.73. The van der Waals surface area contributed by atoms with Crippen molar-refractivity contribution >= 4 is 112 Å². The zero-order valence-corrected chi connectivity index (χ0v) is 73.0. The number of aromatic nitrogens is 1. The number of aromatic amines is 1. The number of amides is 13. The van der Waals surface area contributed by atoms with Crippen LogP contribution in [0.15, 0.2) is 134 Å². The number of hydrogen-bond acceptors (Lipinski definition) is 18. The second-order valence-corrected chi connectivity index (χ2v) is 34.3. The molecule has 4 heterocycles. The van der Waals surface area contributed by atoms with E-state index in [1.54, 1.807) is 101 Å². The van der Waals surface area contributed by atoms with E-state index in [9.17, 15) is 43.4 Å². The summed E-state index contributed by atoms with van der Waals surface area (Å²) in [7, 11) is 4.08. The van der Waals surface area contributed by atoms with E-state index in [-0.39, 0.29) is 114 Å². The Kier molecular flexibility index (Phi) is 35.6. The highest BCUT2D eigenvalue weighted by atomic mass is 32.2. The number of phenolic OH excluding ortho intramolecular Hbond substituents is 1. The van der Waals surface area contributed by atoms with Crippen molar-refractivity contribution in [2.45, 2.75) is 216 Å². The maximum Gasteiger partial charge on any atom is 0.305 e. The molecule has 0 aliphatic carbocycles. The van der Waals surface area contributed by atoms with Crippen molar-refractivity contribution in [2.24, 2.45) is 17.6 Å². The number of carbonyl (C=O) groups excluding carboxylic acids is 14. The topological polar surface area (TPSA) is 451 Å². The summed E-state index contributed by atoms with van der Waals surface area (Å²) in [6.07, 6.45) is 1.60. The first-order chi connectivity index (χ1) is 59.7. The Balaban J connectivity index is 1.09. The van der Waals surface area contributed by atoms with Crippen molar-refractivity contribution in [1.29, 1.82) is 0 Å². The van der Waals surface area contributed by atoms with Gasteiger partial charge >= 0.3 is 5.97 Å². The van der Waals surface area contributed by atoms with Gasteiger partial charge in [0.25, 0.3) is 0 Å². The smallest absolute Gasteiger partial charge is 0.305 e. The van der Waals surface area contributed by atoms with Crippen molar-refractivity contribution in [3.8, 4) is 5.75 Å². The number of phenols is 1. The van der Waals surface area contributed by atoms with Gasteiger partial charge in [0.05, 0.1) is 18.2 Å². The first-order valence-electron chi connectivity index (χ1n) is 42.6. The number of nitrogens with two attached hydrogens (primary N) is 1. The number of aromatic hydroxyl groups is 1. The monoisotopic (exact) mass is 1740 g/mol. The fraction of sp³-hybridized carbons (Fsp3) is 0.484. The normalized spacial score (nSPS) is 24.4. The number of aliphatic carboxylic acids is 1. The molecule has 0 bridgehead atoms. The quantitative estimate of drug-likeness (QED) is 0.0455. The lowest BCUT2D eigenvalue weighted by Gasteiger charge is -2.38. The molecule has 0 unspecified atom stereocenters. The van der Waals surface area contributed by atoms with Crippen LogP contribution in [0.2, 0.25) is 0 Å². The van der Waals surface area contributed by atoms with E-state index in [0.717, 1.165) is 27.1 Å². The number of fused-ring (bicyclic) bond motifs is 3. The standard InChI is InChI=1S/C91H118FN15O17S/c1-10-11-23-74-90(123)107-41-18-25-73(107)85(118)101-70(48-78(111)112)83(116)102-79(54(4)5)91(124)104(8)75(45-59-28-26-55(6)27-29-59)86(119)97-66(38-39-93)88(121)106-40-17-24-72(106)84(117)100-69(47-60-49-94-65-22-16-15-21-64(60)65)82(115)99-68(43-58-32-36-63(109)37-33-58)81(114)98-67(42-53(2)3)80(113)95-62(50-108)51-125-52-77(110)96-71(44-57-30-34-61(92)35-31-57)87(120)105(9)76(89(122)103(74)7)46-56-19-13-12-14-20-56/h12-16,19-22,26-37,49-50,53-54,62,66-76,79,94,109H,10-11,17-18,23-25,38-48,51-52,93H2,1-9H3,(H,95,113)(H,96,110)(H,97,119)(H,98,114)(H,99,115)(H,100,117)(H,101,118)(H,102,116)(H,111,112)/t62-,66+,67+,68+,69+,70+,71+,72-,73-,74+,75+,76+,79+/m1/s1. The molecule has 0 radical (unpaired) electrons. The second kappa shape index (κ2) is 46.1. The van der Waals surface area contributed by atoms with E-state index >= 15 is 43.2 Å². The number of nitrogens with one attached hydrogen (secondary N) is 9. The summed E-state index contributed by atoms with van der Waals surface area (Å²) >= 11 is 0.905. The molecule has 13 amide bonds. The van der Waals surface area contributed by atoms with Crippen molar-refractivity contribution < 1.29 is 86.5 Å². The minimum absolute atomic E-state index is 0.00356. The molecular weight excluding hydrogens is 1630 g/mol. The Morgan fingerprint density at radius 2 is 1.04 bits per heavy atom. The van der Waals surface area contributed by atoms with Crippen LogP contribution in [0.25, 0.3) is 10.9 Å². The van der Waals surface area contributed by atoms with Gasteiger partial charge in [-0.3, -0.25) is 67.1 Å². The number of unbranched alkanes of at least 4 members (excludes halogenated alkanes) is 1. The second-order valence-electron chi connectivity index (χ2n) is 33.3. The van der Waals surface area contributed by atoms with Gasteiger partial charge in [-0.05, 0) is 128 Å². The molecule has 6 aromatic rings. The number of aryl methyl sites for hydroxylation is 1. The predicted octanol–water partition coefficient (Wildman–Crippen LogP) is 3.84. The van der Waals surface area contributed by atoms with Gasteiger partial charge in [0.1, 0.15) is 90.4 Å². The number of likely N-dealkylation sites (N-methyl/N-ethyl adjacent to an activating group) is 3. The summed E-state index contributed by atoms with van der Waals surface area (Å²) in [6, 6.07) is 15.3. The van der Waals surface area contributed by atoms with Crippen LogP contribution in [-0.2, 0) is 104 Å². The van der Waals surface area contributed by atoms with Crippen LogP contribution in [-0.4, -0.2) is 260 Å². The van der Waals surface area contributed by atoms with Gasteiger partial charge in [-0.25, -0.2) is 4.39 Å². The summed E-state index contributed by atoms with van der Waals surface area (Å²) in [4.78, 5) is 232. The van der Waals surface area contributed by atoms with Crippen LogP contribution >= 0.6 is 11.8 Å². The summed E-state index contributed by atoms with van der Waals surface area (Å²) < 4.78 is 14.5. The highest BCUT2D eigenvalue weighted by Crippen LogP contribution is 2.28. The van der Waals surface area contributed by atoms with Crippen molar-refractivity contribution in [1.82, 2.24) is 72.0 Å². The lowest BCUT2D eigenvalue weighted by molar-refractivity contribution is -0.152. The summed E-state index contributed by atoms with van der Waals surface area (Å²) in [5.41, 5.74) is 10.3. The first kappa shape index (κ1) is 96.7. The highest BCUT2D eigenvalue weighted by molar-refractivity contribution is 8.00. The minimum atomic E-state index is -1.87. The number of aldehydes is 1. The summed E-state index contributed by atoms with van der Waals surface area (Å²) in [5, 5.41) is 43.4. The van der Waals surface area contributed by atoms with Crippen LogP contribution in [0.3, 0.4) is 0 Å². The largest absolute Gasteiger partial charge is 0.508 e. The Hall–Kier alpha value is -12.1. The molecule has 13 atom stereocenters. The molecule has 125 heavy (non-hydrogen) atoms. The van der Waals surface area contributed by atoms with E-state index < -0.39 is 185 Å². The number of H-pyrrole nitrogens is 1. The highest BCUT2D eigenvalue weighted by Gasteiger charge is 2.46. The van der Waals surface area contributed by atoms with Gasteiger partial charge in [-0.15, -0.1) is 11.8 Å². The fourth-order valence-corrected chi connectivity index (χ4v) is 16.8. The minimum Gasteiger partial charge on any atom is -0.508 e. The average molecular weight is 1750 g/mol. The van der Waals surface area contributed by atoms with Crippen LogP contribution in [0.1, 0.15) is 132 Å². The number of para-hydroxylation sites is 1. The summed E-state index contributed by atoms with van der Waals surface area (Å²) in [5.74, 6) is -14.7. The Labute approximate surface area is 731 Å². The Morgan fingerprint density at radius 1 is 0.528 bits per heavy atom. The van der Waals surface area contributed by atoms with Crippen LogP contribution < -0.4 is 48.3 Å². The number of nitrogens with zero attached hydrogens (tertiary/aromatic N) is 5. The van der Waals surface area contributed by atoms with Gasteiger partial charge in [-0.1, -0.05) is 150 Å². The van der Waals surface area contributed by atoms with Gasteiger partial charge in [0.2, 0.25) is 76.8 Å². The molecule has 0 saturated carbocycles. The molecule has 1 aromatic heterocycles. The Morgan fingerprint density at radius 3 is 1.65 bits per heavy atom. The van der Waals surface area contributed by atoms with Crippen molar-refractivity contribution in [3.63, 3.8) is 0 Å². The molecule has 13 N–H and O–H groups in total. The third-order valence-corrected chi connectivity index (χ3v) is 24.1. The third-order valence-electron chi connectivity index (χ3n) is 23.1. The number of rotatable bonds is 21. The molecule has 3 aliphatic heterocycles. The van der Waals surface area contributed by atoms with Crippen LogP contribution in [0.4, 0.5) is 4.39 Å². The van der Waals surface area contributed by atoms with Gasteiger partial charge in [-0.2, -0.15) is 0 Å². The van der Waals surface area contributed by atoms with E-state index in [0.29, 0.717) is 57.8 Å². The summed E-state index contributed by atoms with van der Waals surface area (Å²) in [6.45, 7) is 10.3. The maximum atomic E-state index is 15.6. The van der Waals surface area contributed by atoms with E-state index in [2.05, 4.69) is 47.5 Å². The number of carboxylic acid groups (broad SMARTS) is 1. The Bertz CT molecular complexity index is 4790. The van der Waals surface area contributed by atoms with Gasteiger partial charge in [0, 0.05) is 89.2 Å². The molecule has 672 valence electrons. The zero-order chi connectivity index (χ0) is 90.9. The molecule has 9 rings (SSSR count). The fourth-order valence-electron chi connectivity index (χ4n) is 16.0. The number of halogens is 1.